The van der Waals surface area contributed by atoms with E-state index in [4.69, 9.17) is 4.74 Å². The Morgan fingerprint density at radius 3 is 2.68 bits per heavy atom. The molecule has 0 radical (unpaired) electrons. The molecule has 0 aliphatic carbocycles. The van der Waals surface area contributed by atoms with Crippen LogP contribution in [0.15, 0.2) is 42.5 Å². The van der Waals surface area contributed by atoms with Gasteiger partial charge >= 0.3 is 0 Å². The third-order valence-electron chi connectivity index (χ3n) is 4.87. The van der Waals surface area contributed by atoms with Gasteiger partial charge in [-0.1, -0.05) is 32.0 Å². The van der Waals surface area contributed by atoms with Gasteiger partial charge in [-0.2, -0.15) is 0 Å². The molecule has 5 nitrogen and oxygen atoms in total. The van der Waals surface area contributed by atoms with Crippen LogP contribution in [0.3, 0.4) is 0 Å². The molecule has 0 aliphatic heterocycles. The van der Waals surface area contributed by atoms with Crippen molar-refractivity contribution in [2.75, 3.05) is 6.54 Å². The lowest BCUT2D eigenvalue weighted by atomic mass is 9.98. The van der Waals surface area contributed by atoms with Gasteiger partial charge in [0.2, 0.25) is 0 Å². The second-order valence-corrected chi connectivity index (χ2v) is 7.53. The maximum Gasteiger partial charge on any atom is 0.260 e. The van der Waals surface area contributed by atoms with Crippen molar-refractivity contribution >= 4 is 16.9 Å². The average Bonchev–Trinajstić information content (AvgIpc) is 3.07. The Balaban J connectivity index is 1.44. The standard InChI is InChI=1S/C23H29N3O2/c1-15(2)19-12-11-18(14-16(19)3)28-17(4)23(27)24-13-7-10-22-25-20-8-5-6-9-21(20)26-22/h5-6,8-9,11-12,14-15,17H,7,10,13H2,1-4H3,(H,24,27)(H,25,26). The lowest BCUT2D eigenvalue weighted by Gasteiger charge is -2.17. The molecular formula is C23H29N3O2. The largest absolute Gasteiger partial charge is 0.481 e. The summed E-state index contributed by atoms with van der Waals surface area (Å²) >= 11 is 0. The van der Waals surface area contributed by atoms with Gasteiger partial charge in [-0.15, -0.1) is 0 Å². The van der Waals surface area contributed by atoms with E-state index < -0.39 is 6.10 Å². The number of carbonyl (C=O) groups is 1. The van der Waals surface area contributed by atoms with Gasteiger partial charge in [0.15, 0.2) is 6.10 Å². The number of aromatic amines is 1. The number of carbonyl (C=O) groups excluding carboxylic acids is 1. The van der Waals surface area contributed by atoms with Gasteiger partial charge in [0.05, 0.1) is 11.0 Å². The highest BCUT2D eigenvalue weighted by atomic mass is 16.5. The first-order chi connectivity index (χ1) is 13.4. The fourth-order valence-corrected chi connectivity index (χ4v) is 3.36. The van der Waals surface area contributed by atoms with Crippen molar-refractivity contribution < 1.29 is 9.53 Å². The summed E-state index contributed by atoms with van der Waals surface area (Å²) < 4.78 is 5.82. The fraction of sp³-hybridized carbons (Fsp3) is 0.391. The Hall–Kier alpha value is -2.82. The van der Waals surface area contributed by atoms with Crippen LogP contribution in [0.25, 0.3) is 11.0 Å². The number of rotatable bonds is 8. The number of hydrogen-bond donors (Lipinski definition) is 2. The lowest BCUT2D eigenvalue weighted by molar-refractivity contribution is -0.127. The predicted octanol–water partition coefficient (Wildman–Crippen LogP) is 4.51. The summed E-state index contributed by atoms with van der Waals surface area (Å²) in [6.07, 6.45) is 1.08. The molecule has 1 unspecified atom stereocenters. The van der Waals surface area contributed by atoms with Gasteiger partial charge in [-0.25, -0.2) is 4.98 Å². The number of aromatic nitrogens is 2. The molecule has 0 spiro atoms. The first kappa shape index (κ1) is 19.9. The zero-order valence-electron chi connectivity index (χ0n) is 17.1. The zero-order valence-corrected chi connectivity index (χ0v) is 17.1. The SMILES string of the molecule is Cc1cc(OC(C)C(=O)NCCCc2nc3ccccc3[nH]2)ccc1C(C)C. The smallest absolute Gasteiger partial charge is 0.260 e. The highest BCUT2D eigenvalue weighted by molar-refractivity contribution is 5.80. The summed E-state index contributed by atoms with van der Waals surface area (Å²) in [4.78, 5) is 20.2. The van der Waals surface area contributed by atoms with Crippen molar-refractivity contribution in [2.24, 2.45) is 0 Å². The topological polar surface area (TPSA) is 67.0 Å². The molecule has 0 saturated carbocycles. The van der Waals surface area contributed by atoms with Crippen LogP contribution < -0.4 is 10.1 Å². The fourth-order valence-electron chi connectivity index (χ4n) is 3.36. The Labute approximate surface area is 166 Å². The minimum Gasteiger partial charge on any atom is -0.481 e. The number of hydrogen-bond acceptors (Lipinski definition) is 3. The van der Waals surface area contributed by atoms with Gasteiger partial charge in [0, 0.05) is 13.0 Å². The van der Waals surface area contributed by atoms with E-state index in [0.29, 0.717) is 12.5 Å². The van der Waals surface area contributed by atoms with Crippen LogP contribution in [0.5, 0.6) is 5.75 Å². The number of ether oxygens (including phenoxy) is 1. The quantitative estimate of drug-likeness (QED) is 0.566. The molecule has 1 aromatic heterocycles. The number of aryl methyl sites for hydroxylation is 2. The third kappa shape index (κ3) is 4.91. The molecular weight excluding hydrogens is 350 g/mol. The number of fused-ring (bicyclic) bond motifs is 1. The molecule has 5 heteroatoms. The Kier molecular flexibility index (Phi) is 6.34. The molecule has 0 aliphatic rings. The number of amides is 1. The van der Waals surface area contributed by atoms with E-state index >= 15 is 0 Å². The molecule has 28 heavy (non-hydrogen) atoms. The second-order valence-electron chi connectivity index (χ2n) is 7.53. The molecule has 1 atom stereocenters. The van der Waals surface area contributed by atoms with Gasteiger partial charge in [-0.3, -0.25) is 4.79 Å². The van der Waals surface area contributed by atoms with Gasteiger partial charge in [0.1, 0.15) is 11.6 Å². The molecule has 3 aromatic rings. The summed E-state index contributed by atoms with van der Waals surface area (Å²) in [5.41, 5.74) is 4.51. The first-order valence-corrected chi connectivity index (χ1v) is 9.92. The maximum absolute atomic E-state index is 12.3. The monoisotopic (exact) mass is 379 g/mol. The predicted molar refractivity (Wildman–Crippen MR) is 113 cm³/mol. The minimum atomic E-state index is -0.532. The first-order valence-electron chi connectivity index (χ1n) is 9.92. The summed E-state index contributed by atoms with van der Waals surface area (Å²) in [7, 11) is 0. The third-order valence-corrected chi connectivity index (χ3v) is 4.87. The van der Waals surface area contributed by atoms with E-state index in [1.54, 1.807) is 6.92 Å². The van der Waals surface area contributed by atoms with E-state index in [1.807, 2.05) is 36.4 Å². The number of nitrogens with one attached hydrogen (secondary N) is 2. The minimum absolute atomic E-state index is 0.102. The molecule has 1 amide bonds. The van der Waals surface area contributed by atoms with Gasteiger partial charge in [0.25, 0.3) is 5.91 Å². The second kappa shape index (κ2) is 8.91. The molecule has 0 fully saturated rings. The van der Waals surface area contributed by atoms with Crippen molar-refractivity contribution in [1.82, 2.24) is 15.3 Å². The summed E-state index contributed by atoms with van der Waals surface area (Å²) in [6, 6.07) is 14.0. The molecule has 2 aromatic carbocycles. The number of H-pyrrole nitrogens is 1. The van der Waals surface area contributed by atoms with Crippen LogP contribution in [0, 0.1) is 6.92 Å². The highest BCUT2D eigenvalue weighted by Gasteiger charge is 2.15. The number of imidazole rings is 1. The highest BCUT2D eigenvalue weighted by Crippen LogP contribution is 2.24. The summed E-state index contributed by atoms with van der Waals surface area (Å²) in [5, 5.41) is 2.95. The van der Waals surface area contributed by atoms with E-state index in [9.17, 15) is 4.79 Å². The maximum atomic E-state index is 12.3. The average molecular weight is 380 g/mol. The Morgan fingerprint density at radius 2 is 1.96 bits per heavy atom. The van der Waals surface area contributed by atoms with Crippen molar-refractivity contribution in [2.45, 2.75) is 52.6 Å². The van der Waals surface area contributed by atoms with E-state index in [2.05, 4.69) is 42.1 Å². The van der Waals surface area contributed by atoms with Crippen LogP contribution in [-0.2, 0) is 11.2 Å². The number of nitrogens with zero attached hydrogens (tertiary/aromatic N) is 1. The van der Waals surface area contributed by atoms with Crippen LogP contribution in [-0.4, -0.2) is 28.5 Å². The van der Waals surface area contributed by atoms with Crippen LogP contribution in [0.2, 0.25) is 0 Å². The van der Waals surface area contributed by atoms with E-state index in [-0.39, 0.29) is 5.91 Å². The molecule has 2 N–H and O–H groups in total. The van der Waals surface area contributed by atoms with Crippen LogP contribution >= 0.6 is 0 Å². The normalized spacial score (nSPS) is 12.3. The van der Waals surface area contributed by atoms with E-state index in [1.165, 1.54) is 11.1 Å². The summed E-state index contributed by atoms with van der Waals surface area (Å²) in [5.74, 6) is 2.05. The lowest BCUT2D eigenvalue weighted by Crippen LogP contribution is -2.37. The van der Waals surface area contributed by atoms with Crippen molar-refractivity contribution in [3.8, 4) is 5.75 Å². The molecule has 0 saturated heterocycles. The van der Waals surface area contributed by atoms with Crippen molar-refractivity contribution in [1.29, 1.82) is 0 Å². The zero-order chi connectivity index (χ0) is 20.1. The summed E-state index contributed by atoms with van der Waals surface area (Å²) in [6.45, 7) is 8.79. The van der Waals surface area contributed by atoms with Crippen LogP contribution in [0.4, 0.5) is 0 Å². The van der Waals surface area contributed by atoms with E-state index in [0.717, 1.165) is 35.4 Å². The molecule has 1 heterocycles. The van der Waals surface area contributed by atoms with Crippen molar-refractivity contribution in [3.05, 3.63) is 59.4 Å². The van der Waals surface area contributed by atoms with Gasteiger partial charge < -0.3 is 15.0 Å². The molecule has 3 rings (SSSR count). The number of benzene rings is 2. The van der Waals surface area contributed by atoms with Gasteiger partial charge in [-0.05, 0) is 61.6 Å². The van der Waals surface area contributed by atoms with Crippen LogP contribution in [0.1, 0.15) is 50.1 Å². The van der Waals surface area contributed by atoms with Crippen molar-refractivity contribution in [3.63, 3.8) is 0 Å². The molecule has 148 valence electrons. The molecule has 0 bridgehead atoms. The Morgan fingerprint density at radius 1 is 1.18 bits per heavy atom. The number of para-hydroxylation sites is 2. The Bertz CT molecular complexity index is 913.